The summed E-state index contributed by atoms with van der Waals surface area (Å²) < 4.78 is 61.7. The van der Waals surface area contributed by atoms with Crippen LogP contribution in [0.3, 0.4) is 0 Å². The van der Waals surface area contributed by atoms with Gasteiger partial charge in [-0.05, 0) is 69.1 Å². The average molecular weight is 613 g/mol. The molecule has 0 unspecified atom stereocenters. The van der Waals surface area contributed by atoms with Gasteiger partial charge in [-0.15, -0.1) is 0 Å². The summed E-state index contributed by atoms with van der Waals surface area (Å²) >= 11 is 0. The number of piperidine rings is 2. The first-order valence-corrected chi connectivity index (χ1v) is 16.5. The van der Waals surface area contributed by atoms with Crippen LogP contribution in [-0.2, 0) is 29.5 Å². The molecule has 0 spiro atoms. The van der Waals surface area contributed by atoms with Gasteiger partial charge in [-0.25, -0.2) is 22.2 Å². The number of benzene rings is 2. The summed E-state index contributed by atoms with van der Waals surface area (Å²) in [5.41, 5.74) is 1.74. The minimum atomic E-state index is -3.79. The van der Waals surface area contributed by atoms with Crippen molar-refractivity contribution in [3.05, 3.63) is 70.9 Å². The lowest BCUT2D eigenvalue weighted by Gasteiger charge is -2.40. The summed E-state index contributed by atoms with van der Waals surface area (Å²) in [4.78, 5) is 14.8. The monoisotopic (exact) mass is 612 g/mol. The maximum atomic E-state index is 14.5. The number of aromatic nitrogens is 2. The molecule has 9 nitrogen and oxygen atoms in total. The van der Waals surface area contributed by atoms with Crippen molar-refractivity contribution in [1.82, 2.24) is 19.2 Å². The zero-order valence-corrected chi connectivity index (χ0v) is 25.3. The molecule has 0 saturated carbocycles. The number of fused-ring (bicyclic) bond motifs is 1. The minimum absolute atomic E-state index is 0.0667. The molecular formula is C31H38F2N6O3S. The number of nitrogens with one attached hydrogen (secondary N) is 1. The molecule has 6 rings (SSSR count). The van der Waals surface area contributed by atoms with E-state index in [9.17, 15) is 17.2 Å². The quantitative estimate of drug-likeness (QED) is 0.396. The van der Waals surface area contributed by atoms with Gasteiger partial charge >= 0.3 is 0 Å². The Hall–Kier alpha value is -3.35. The van der Waals surface area contributed by atoms with Crippen LogP contribution in [0.15, 0.2) is 47.4 Å². The van der Waals surface area contributed by atoms with Gasteiger partial charge in [0.25, 0.3) is 0 Å². The van der Waals surface area contributed by atoms with Crippen molar-refractivity contribution in [3.63, 3.8) is 0 Å². The largest absolute Gasteiger partial charge is 0.497 e. The zero-order valence-electron chi connectivity index (χ0n) is 24.4. The minimum Gasteiger partial charge on any atom is -0.497 e. The van der Waals surface area contributed by atoms with Crippen molar-refractivity contribution < 1.29 is 21.9 Å². The molecule has 0 amide bonds. The number of rotatable bonds is 8. The summed E-state index contributed by atoms with van der Waals surface area (Å²) in [6.07, 6.45) is 6.35. The first kappa shape index (κ1) is 29.7. The van der Waals surface area contributed by atoms with Crippen LogP contribution in [0.25, 0.3) is 0 Å². The fourth-order valence-corrected chi connectivity index (χ4v) is 7.73. The fraction of sp³-hybridized carbons (Fsp3) is 0.484. The number of anilines is 2. The van der Waals surface area contributed by atoms with Gasteiger partial charge in [0.15, 0.2) is 0 Å². The van der Waals surface area contributed by atoms with E-state index in [-0.39, 0.29) is 30.1 Å². The number of ether oxygens (including phenoxy) is 1. The number of nitrogens with zero attached hydrogens (tertiary/aromatic N) is 5. The van der Waals surface area contributed by atoms with E-state index < -0.39 is 21.7 Å². The second kappa shape index (κ2) is 12.7. The number of hydrogen-bond donors (Lipinski definition) is 1. The van der Waals surface area contributed by atoms with E-state index in [2.05, 4.69) is 15.1 Å². The van der Waals surface area contributed by atoms with Gasteiger partial charge in [-0.3, -0.25) is 0 Å². The molecule has 2 fully saturated rings. The smallest absolute Gasteiger partial charge is 0.243 e. The first-order chi connectivity index (χ1) is 20.8. The van der Waals surface area contributed by atoms with Crippen molar-refractivity contribution >= 4 is 21.8 Å². The van der Waals surface area contributed by atoms with Gasteiger partial charge < -0.3 is 19.9 Å². The van der Waals surface area contributed by atoms with E-state index in [4.69, 9.17) is 14.7 Å². The Morgan fingerprint density at radius 2 is 1.70 bits per heavy atom. The van der Waals surface area contributed by atoms with Crippen molar-refractivity contribution in [2.24, 2.45) is 0 Å². The molecule has 0 atom stereocenters. The summed E-state index contributed by atoms with van der Waals surface area (Å²) in [7, 11) is -2.26. The summed E-state index contributed by atoms with van der Waals surface area (Å²) in [6.45, 7) is 4.44. The highest BCUT2D eigenvalue weighted by molar-refractivity contribution is 7.89. The SMILES string of the molecule is COc1ccc(S(=O)(=O)N2CCc3nc(N4CCC(N5CCCCC5)CC4)nc(NCc4ccc(F)cc4F)c3C2)cc1. The summed E-state index contributed by atoms with van der Waals surface area (Å²) in [5, 5.41) is 3.23. The van der Waals surface area contributed by atoms with Gasteiger partial charge in [-0.1, -0.05) is 12.5 Å². The lowest BCUT2D eigenvalue weighted by molar-refractivity contribution is 0.141. The lowest BCUT2D eigenvalue weighted by Crippen LogP contribution is -2.47. The van der Waals surface area contributed by atoms with E-state index in [1.54, 1.807) is 12.1 Å². The number of sulfonamides is 1. The number of methoxy groups -OCH3 is 1. The standard InChI is InChI=1S/C31H38F2N6O3S/c1-42-25-7-9-26(10-8-25)43(40,41)39-18-13-29-27(21-39)30(34-20-22-5-6-23(32)19-28(22)33)36-31(35-29)38-16-11-24(12-17-38)37-14-3-2-4-15-37/h5-10,19,24H,2-4,11-18,20-21H2,1H3,(H,34,35,36). The molecule has 3 aliphatic rings. The Kier molecular flexibility index (Phi) is 8.78. The predicted octanol–water partition coefficient (Wildman–Crippen LogP) is 4.58. The van der Waals surface area contributed by atoms with Crippen LogP contribution < -0.4 is 15.0 Å². The molecule has 0 bridgehead atoms. The van der Waals surface area contributed by atoms with E-state index in [1.807, 2.05) is 0 Å². The van der Waals surface area contributed by atoms with Gasteiger partial charge in [0.1, 0.15) is 23.2 Å². The molecule has 2 saturated heterocycles. The number of likely N-dealkylation sites (tertiary alicyclic amines) is 1. The van der Waals surface area contributed by atoms with Gasteiger partial charge in [0.05, 0.1) is 17.7 Å². The lowest BCUT2D eigenvalue weighted by atomic mass is 10.00. The van der Waals surface area contributed by atoms with Crippen molar-refractivity contribution in [1.29, 1.82) is 0 Å². The summed E-state index contributed by atoms with van der Waals surface area (Å²) in [5.74, 6) is 0.346. The van der Waals surface area contributed by atoms with Crippen LogP contribution in [0, 0.1) is 11.6 Å². The van der Waals surface area contributed by atoms with Crippen LogP contribution >= 0.6 is 0 Å². The fourth-order valence-electron chi connectivity index (χ4n) is 6.32. The Morgan fingerprint density at radius 1 is 0.953 bits per heavy atom. The second-order valence-electron chi connectivity index (χ2n) is 11.5. The normalized spacial score (nSPS) is 18.8. The molecule has 1 aromatic heterocycles. The zero-order chi connectivity index (χ0) is 30.0. The van der Waals surface area contributed by atoms with Crippen molar-refractivity contribution in [2.45, 2.75) is 62.6 Å². The maximum Gasteiger partial charge on any atom is 0.243 e. The maximum absolute atomic E-state index is 14.5. The summed E-state index contributed by atoms with van der Waals surface area (Å²) in [6, 6.07) is 10.4. The third kappa shape index (κ3) is 6.46. The Morgan fingerprint density at radius 3 is 2.40 bits per heavy atom. The predicted molar refractivity (Wildman–Crippen MR) is 161 cm³/mol. The van der Waals surface area contributed by atoms with E-state index in [0.717, 1.165) is 37.7 Å². The molecule has 4 heterocycles. The van der Waals surface area contributed by atoms with E-state index >= 15 is 0 Å². The van der Waals surface area contributed by atoms with E-state index in [0.29, 0.717) is 35.5 Å². The third-order valence-electron chi connectivity index (χ3n) is 8.83. The highest BCUT2D eigenvalue weighted by atomic mass is 32.2. The van der Waals surface area contributed by atoms with Gasteiger partial charge in [0.2, 0.25) is 16.0 Å². The Balaban J connectivity index is 1.26. The highest BCUT2D eigenvalue weighted by Gasteiger charge is 2.33. The molecule has 43 heavy (non-hydrogen) atoms. The molecule has 230 valence electrons. The third-order valence-corrected chi connectivity index (χ3v) is 10.7. The Bertz CT molecular complexity index is 1540. The average Bonchev–Trinajstić information content (AvgIpc) is 3.04. The van der Waals surface area contributed by atoms with Crippen LogP contribution in [0.2, 0.25) is 0 Å². The van der Waals surface area contributed by atoms with Crippen LogP contribution in [0.4, 0.5) is 20.5 Å². The van der Waals surface area contributed by atoms with Crippen LogP contribution in [0.5, 0.6) is 5.75 Å². The molecule has 2 aromatic carbocycles. The molecule has 3 aliphatic heterocycles. The second-order valence-corrected chi connectivity index (χ2v) is 13.4. The van der Waals surface area contributed by atoms with Crippen LogP contribution in [0.1, 0.15) is 48.9 Å². The van der Waals surface area contributed by atoms with Crippen LogP contribution in [-0.4, -0.2) is 73.5 Å². The van der Waals surface area contributed by atoms with Gasteiger partial charge in [-0.2, -0.15) is 9.29 Å². The van der Waals surface area contributed by atoms with Gasteiger partial charge in [0, 0.05) is 62.4 Å². The number of halogens is 2. The topological polar surface area (TPSA) is 90.9 Å². The van der Waals surface area contributed by atoms with Crippen molar-refractivity contribution in [2.75, 3.05) is 50.1 Å². The molecule has 0 aliphatic carbocycles. The van der Waals surface area contributed by atoms with E-state index in [1.165, 1.54) is 68.0 Å². The highest BCUT2D eigenvalue weighted by Crippen LogP contribution is 2.32. The first-order valence-electron chi connectivity index (χ1n) is 15.0. The molecule has 1 N–H and O–H groups in total. The Labute approximate surface area is 251 Å². The van der Waals surface area contributed by atoms with Crippen molar-refractivity contribution in [3.8, 4) is 5.75 Å². The number of hydrogen-bond acceptors (Lipinski definition) is 8. The molecule has 0 radical (unpaired) electrons. The molecule has 3 aromatic rings. The molecular weight excluding hydrogens is 574 g/mol. The molecule has 12 heteroatoms.